The molecule has 1 aromatic rings. The van der Waals surface area contributed by atoms with Crippen molar-refractivity contribution in [1.82, 2.24) is 9.21 Å². The summed E-state index contributed by atoms with van der Waals surface area (Å²) >= 11 is 0. The minimum atomic E-state index is -3.22. The van der Waals surface area contributed by atoms with Gasteiger partial charge in [0.05, 0.1) is 17.5 Å². The molecule has 0 radical (unpaired) electrons. The zero-order valence-electron chi connectivity index (χ0n) is 16.4. The summed E-state index contributed by atoms with van der Waals surface area (Å²) in [7, 11) is -3.22. The Kier molecular flexibility index (Phi) is 6.72. The summed E-state index contributed by atoms with van der Waals surface area (Å²) in [5.74, 6) is -0.437. The lowest BCUT2D eigenvalue weighted by atomic mass is 9.97. The predicted molar refractivity (Wildman–Crippen MR) is 109 cm³/mol. The van der Waals surface area contributed by atoms with Gasteiger partial charge >= 0.3 is 0 Å². The highest BCUT2D eigenvalue weighted by atomic mass is 32.2. The first-order valence-electron chi connectivity index (χ1n) is 10.0. The Morgan fingerprint density at radius 2 is 1.57 bits per heavy atom. The highest BCUT2D eigenvalue weighted by molar-refractivity contribution is 7.88. The molecule has 154 valence electrons. The van der Waals surface area contributed by atoms with Crippen LogP contribution in [0.5, 0.6) is 0 Å². The van der Waals surface area contributed by atoms with Gasteiger partial charge in [-0.15, -0.1) is 0 Å². The van der Waals surface area contributed by atoms with E-state index >= 15 is 0 Å². The normalized spacial score (nSPS) is 19.8. The number of hydrogen-bond donors (Lipinski definition) is 1. The van der Waals surface area contributed by atoms with Gasteiger partial charge in [-0.05, 0) is 37.8 Å². The first-order valence-corrected chi connectivity index (χ1v) is 11.9. The topological polar surface area (TPSA) is 86.8 Å². The zero-order valence-corrected chi connectivity index (χ0v) is 17.2. The minimum Gasteiger partial charge on any atom is -0.339 e. The second-order valence-corrected chi connectivity index (χ2v) is 9.66. The van der Waals surface area contributed by atoms with Crippen LogP contribution in [0, 0.1) is 5.92 Å². The van der Waals surface area contributed by atoms with Crippen molar-refractivity contribution >= 4 is 27.5 Å². The van der Waals surface area contributed by atoms with Gasteiger partial charge in [0.2, 0.25) is 15.9 Å². The van der Waals surface area contributed by atoms with Crippen LogP contribution in [0.2, 0.25) is 0 Å². The Labute approximate surface area is 167 Å². The van der Waals surface area contributed by atoms with Gasteiger partial charge in [0.1, 0.15) is 0 Å². The van der Waals surface area contributed by atoms with E-state index in [1.807, 2.05) is 11.0 Å². The van der Waals surface area contributed by atoms with Gasteiger partial charge in [0.15, 0.2) is 0 Å². The quantitative estimate of drug-likeness (QED) is 0.830. The van der Waals surface area contributed by atoms with Gasteiger partial charge in [-0.25, -0.2) is 12.7 Å². The van der Waals surface area contributed by atoms with Crippen molar-refractivity contribution in [3.05, 3.63) is 29.8 Å². The number of hydrogen-bond acceptors (Lipinski definition) is 4. The lowest BCUT2D eigenvalue weighted by molar-refractivity contribution is -0.120. The lowest BCUT2D eigenvalue weighted by Gasteiger charge is -2.29. The lowest BCUT2D eigenvalue weighted by Crippen LogP contribution is -2.41. The van der Waals surface area contributed by atoms with Crippen molar-refractivity contribution in [1.29, 1.82) is 0 Å². The predicted octanol–water partition coefficient (Wildman–Crippen LogP) is 2.31. The Morgan fingerprint density at radius 3 is 2.18 bits per heavy atom. The molecule has 28 heavy (non-hydrogen) atoms. The Morgan fingerprint density at radius 1 is 0.964 bits per heavy atom. The summed E-state index contributed by atoms with van der Waals surface area (Å²) in [6, 6.07) is 7.13. The molecule has 2 saturated heterocycles. The highest BCUT2D eigenvalue weighted by Gasteiger charge is 2.29. The van der Waals surface area contributed by atoms with Crippen molar-refractivity contribution in [2.75, 3.05) is 37.8 Å². The van der Waals surface area contributed by atoms with Crippen LogP contribution in [-0.2, 0) is 14.8 Å². The van der Waals surface area contributed by atoms with Crippen LogP contribution in [0.3, 0.4) is 0 Å². The number of rotatable bonds is 4. The van der Waals surface area contributed by atoms with Crippen LogP contribution in [0.25, 0.3) is 0 Å². The van der Waals surface area contributed by atoms with E-state index in [2.05, 4.69) is 5.32 Å². The Hall–Kier alpha value is -1.93. The number of amides is 2. The molecular formula is C20H29N3O4S. The summed E-state index contributed by atoms with van der Waals surface area (Å²) in [4.78, 5) is 27.6. The van der Waals surface area contributed by atoms with Gasteiger partial charge in [-0.2, -0.15) is 0 Å². The van der Waals surface area contributed by atoms with E-state index in [-0.39, 0.29) is 17.7 Å². The molecule has 0 spiro atoms. The molecular weight excluding hydrogens is 378 g/mol. The van der Waals surface area contributed by atoms with Crippen molar-refractivity contribution in [3.8, 4) is 0 Å². The van der Waals surface area contributed by atoms with E-state index in [0.29, 0.717) is 37.2 Å². The van der Waals surface area contributed by atoms with Crippen LogP contribution in [0.15, 0.2) is 24.3 Å². The SMILES string of the molecule is CS(=O)(=O)N1CCC(C(=O)Nc2ccccc2C(=O)N2CCCCCC2)CC1. The third kappa shape index (κ3) is 5.11. The second kappa shape index (κ2) is 9.05. The number of anilines is 1. The molecule has 2 aliphatic heterocycles. The van der Waals surface area contributed by atoms with Crippen LogP contribution in [0.4, 0.5) is 5.69 Å². The van der Waals surface area contributed by atoms with Crippen molar-refractivity contribution < 1.29 is 18.0 Å². The van der Waals surface area contributed by atoms with Crippen molar-refractivity contribution in [2.24, 2.45) is 5.92 Å². The standard InChI is InChI=1S/C20H29N3O4S/c1-28(26,27)23-14-10-16(11-15-23)19(24)21-18-9-5-4-8-17(18)20(25)22-12-6-2-3-7-13-22/h4-5,8-9,16H,2-3,6-7,10-15H2,1H3,(H,21,24). The van der Waals surface area contributed by atoms with E-state index < -0.39 is 10.0 Å². The molecule has 0 unspecified atom stereocenters. The van der Waals surface area contributed by atoms with Gasteiger partial charge in [-0.1, -0.05) is 25.0 Å². The third-order valence-electron chi connectivity index (χ3n) is 5.60. The number of nitrogens with zero attached hydrogens (tertiary/aromatic N) is 2. The third-order valence-corrected chi connectivity index (χ3v) is 6.91. The maximum absolute atomic E-state index is 13.0. The first kappa shape index (κ1) is 20.8. The maximum Gasteiger partial charge on any atom is 0.255 e. The number of likely N-dealkylation sites (tertiary alicyclic amines) is 1. The fourth-order valence-corrected chi connectivity index (χ4v) is 4.78. The molecule has 0 bridgehead atoms. The number of benzene rings is 1. The molecule has 0 saturated carbocycles. The summed E-state index contributed by atoms with van der Waals surface area (Å²) in [6.45, 7) is 2.21. The molecule has 0 aromatic heterocycles. The van der Waals surface area contributed by atoms with Crippen LogP contribution >= 0.6 is 0 Å². The number of carbonyl (C=O) groups is 2. The molecule has 1 aromatic carbocycles. The van der Waals surface area contributed by atoms with Crippen LogP contribution < -0.4 is 5.32 Å². The Balaban J connectivity index is 1.66. The average Bonchev–Trinajstić information content (AvgIpc) is 2.97. The molecule has 3 rings (SSSR count). The smallest absolute Gasteiger partial charge is 0.255 e. The van der Waals surface area contributed by atoms with Crippen LogP contribution in [-0.4, -0.2) is 61.9 Å². The van der Waals surface area contributed by atoms with Gasteiger partial charge in [-0.3, -0.25) is 9.59 Å². The minimum absolute atomic E-state index is 0.0373. The molecule has 2 heterocycles. The van der Waals surface area contributed by atoms with E-state index in [0.717, 1.165) is 38.8 Å². The number of piperidine rings is 1. The number of carbonyl (C=O) groups excluding carboxylic acids is 2. The molecule has 2 aliphatic rings. The van der Waals surface area contributed by atoms with E-state index in [4.69, 9.17) is 0 Å². The molecule has 8 heteroatoms. The highest BCUT2D eigenvalue weighted by Crippen LogP contribution is 2.24. The number of nitrogens with one attached hydrogen (secondary N) is 1. The maximum atomic E-state index is 13.0. The molecule has 1 N–H and O–H groups in total. The second-order valence-electron chi connectivity index (χ2n) is 7.68. The van der Waals surface area contributed by atoms with Crippen molar-refractivity contribution in [3.63, 3.8) is 0 Å². The largest absolute Gasteiger partial charge is 0.339 e. The summed E-state index contributed by atoms with van der Waals surface area (Å²) in [5.41, 5.74) is 1.05. The molecule has 0 aliphatic carbocycles. The van der Waals surface area contributed by atoms with Gasteiger partial charge in [0.25, 0.3) is 5.91 Å². The zero-order chi connectivity index (χ0) is 20.1. The summed E-state index contributed by atoms with van der Waals surface area (Å²) < 4.78 is 24.7. The van der Waals surface area contributed by atoms with Gasteiger partial charge < -0.3 is 10.2 Å². The Bertz CT molecular complexity index is 808. The monoisotopic (exact) mass is 407 g/mol. The van der Waals surface area contributed by atoms with E-state index in [9.17, 15) is 18.0 Å². The molecule has 7 nitrogen and oxygen atoms in total. The van der Waals surface area contributed by atoms with E-state index in [1.165, 1.54) is 10.6 Å². The van der Waals surface area contributed by atoms with E-state index in [1.54, 1.807) is 18.2 Å². The molecule has 2 fully saturated rings. The summed E-state index contributed by atoms with van der Waals surface area (Å²) in [6.07, 6.45) is 6.49. The fourth-order valence-electron chi connectivity index (χ4n) is 3.91. The summed E-state index contributed by atoms with van der Waals surface area (Å²) in [5, 5.41) is 2.92. The molecule has 0 atom stereocenters. The fraction of sp³-hybridized carbons (Fsp3) is 0.600. The number of sulfonamides is 1. The van der Waals surface area contributed by atoms with Crippen LogP contribution in [0.1, 0.15) is 48.9 Å². The number of para-hydroxylation sites is 1. The van der Waals surface area contributed by atoms with Crippen molar-refractivity contribution in [2.45, 2.75) is 38.5 Å². The first-order chi connectivity index (χ1) is 13.4. The van der Waals surface area contributed by atoms with Gasteiger partial charge in [0, 0.05) is 32.1 Å². The average molecular weight is 408 g/mol. The molecule has 2 amide bonds.